The molecule has 0 aliphatic heterocycles. The molecule has 0 spiro atoms. The maximum Gasteiger partial charge on any atom is 0.325 e. The minimum Gasteiger partial charge on any atom is -0.465 e. The number of carbonyl (C=O) groups is 2. The lowest BCUT2D eigenvalue weighted by molar-refractivity contribution is -0.144. The Labute approximate surface area is 120 Å². The number of halogens is 1. The Balaban J connectivity index is 2.68. The first-order valence-electron chi connectivity index (χ1n) is 5.86. The zero-order valence-corrected chi connectivity index (χ0v) is 12.5. The van der Waals surface area contributed by atoms with E-state index in [0.717, 1.165) is 4.47 Å². The molecule has 6 heteroatoms. The van der Waals surface area contributed by atoms with E-state index >= 15 is 0 Å². The molecule has 0 fully saturated rings. The molecule has 0 radical (unpaired) electrons. The van der Waals surface area contributed by atoms with Gasteiger partial charge in [0.1, 0.15) is 12.1 Å². The lowest BCUT2D eigenvalue weighted by Gasteiger charge is -2.23. The average Bonchev–Trinajstić information content (AvgIpc) is 2.36. The zero-order valence-electron chi connectivity index (χ0n) is 10.9. The SMILES string of the molecule is CCOC(=O)CNC(=O)C(C)(N)c1ccc(Br)cc1. The van der Waals surface area contributed by atoms with Crippen molar-refractivity contribution < 1.29 is 14.3 Å². The minimum atomic E-state index is -1.20. The molecular formula is C13H17BrN2O3. The van der Waals surface area contributed by atoms with E-state index in [2.05, 4.69) is 21.2 Å². The molecule has 1 rings (SSSR count). The summed E-state index contributed by atoms with van der Waals surface area (Å²) in [5.74, 6) is -0.912. The molecule has 1 atom stereocenters. The number of benzene rings is 1. The van der Waals surface area contributed by atoms with E-state index in [4.69, 9.17) is 10.5 Å². The number of nitrogens with one attached hydrogen (secondary N) is 1. The van der Waals surface area contributed by atoms with Gasteiger partial charge >= 0.3 is 5.97 Å². The lowest BCUT2D eigenvalue weighted by atomic mass is 9.92. The van der Waals surface area contributed by atoms with Gasteiger partial charge in [0, 0.05) is 4.47 Å². The van der Waals surface area contributed by atoms with E-state index in [9.17, 15) is 9.59 Å². The summed E-state index contributed by atoms with van der Waals surface area (Å²) >= 11 is 3.31. The standard InChI is InChI=1S/C13H17BrN2O3/c1-3-19-11(17)8-16-12(18)13(2,15)9-4-6-10(14)7-5-9/h4-7H,3,8,15H2,1-2H3,(H,16,18). The smallest absolute Gasteiger partial charge is 0.325 e. The van der Waals surface area contributed by atoms with Crippen LogP contribution in [0.3, 0.4) is 0 Å². The molecule has 19 heavy (non-hydrogen) atoms. The van der Waals surface area contributed by atoms with Crippen LogP contribution >= 0.6 is 15.9 Å². The molecular weight excluding hydrogens is 312 g/mol. The van der Waals surface area contributed by atoms with Crippen molar-refractivity contribution in [3.05, 3.63) is 34.3 Å². The predicted molar refractivity (Wildman–Crippen MR) is 75.3 cm³/mol. The second-order valence-corrected chi connectivity index (χ2v) is 5.11. The number of hydrogen-bond acceptors (Lipinski definition) is 4. The Morgan fingerprint density at radius 1 is 1.37 bits per heavy atom. The topological polar surface area (TPSA) is 81.4 Å². The first-order valence-corrected chi connectivity index (χ1v) is 6.66. The summed E-state index contributed by atoms with van der Waals surface area (Å²) in [6.07, 6.45) is 0. The van der Waals surface area contributed by atoms with Gasteiger partial charge in [-0.25, -0.2) is 0 Å². The van der Waals surface area contributed by atoms with Crippen molar-refractivity contribution in [2.45, 2.75) is 19.4 Å². The van der Waals surface area contributed by atoms with Crippen molar-refractivity contribution >= 4 is 27.8 Å². The largest absolute Gasteiger partial charge is 0.465 e. The van der Waals surface area contributed by atoms with Crippen molar-refractivity contribution in [3.8, 4) is 0 Å². The van der Waals surface area contributed by atoms with Crippen LogP contribution in [0.1, 0.15) is 19.4 Å². The van der Waals surface area contributed by atoms with E-state index in [-0.39, 0.29) is 13.2 Å². The highest BCUT2D eigenvalue weighted by Crippen LogP contribution is 2.20. The zero-order chi connectivity index (χ0) is 14.5. The van der Waals surface area contributed by atoms with Crippen LogP contribution in [0, 0.1) is 0 Å². The van der Waals surface area contributed by atoms with Gasteiger partial charge in [0.25, 0.3) is 0 Å². The fourth-order valence-electron chi connectivity index (χ4n) is 1.48. The van der Waals surface area contributed by atoms with Gasteiger partial charge in [-0.15, -0.1) is 0 Å². The van der Waals surface area contributed by atoms with E-state index in [1.165, 1.54) is 0 Å². The number of nitrogens with two attached hydrogens (primary N) is 1. The number of amides is 1. The summed E-state index contributed by atoms with van der Waals surface area (Å²) in [5.41, 5.74) is 5.48. The third-order valence-corrected chi connectivity index (χ3v) is 3.14. The van der Waals surface area contributed by atoms with Crippen LogP contribution in [0.5, 0.6) is 0 Å². The summed E-state index contributed by atoms with van der Waals surface area (Å²) in [4.78, 5) is 23.2. The Kier molecular flexibility index (Phi) is 5.50. The van der Waals surface area contributed by atoms with Gasteiger partial charge in [-0.1, -0.05) is 28.1 Å². The van der Waals surface area contributed by atoms with Crippen molar-refractivity contribution in [3.63, 3.8) is 0 Å². The summed E-state index contributed by atoms with van der Waals surface area (Å²) < 4.78 is 5.63. The molecule has 3 N–H and O–H groups in total. The van der Waals surface area contributed by atoms with E-state index in [0.29, 0.717) is 5.56 Å². The Morgan fingerprint density at radius 3 is 2.47 bits per heavy atom. The molecule has 1 unspecified atom stereocenters. The van der Waals surface area contributed by atoms with Gasteiger partial charge in [0.15, 0.2) is 0 Å². The van der Waals surface area contributed by atoms with Crippen LogP contribution < -0.4 is 11.1 Å². The number of esters is 1. The molecule has 0 saturated carbocycles. The number of rotatable bonds is 5. The van der Waals surface area contributed by atoms with Crippen LogP contribution in [0.2, 0.25) is 0 Å². The quantitative estimate of drug-likeness (QED) is 0.798. The molecule has 104 valence electrons. The van der Waals surface area contributed by atoms with Gasteiger partial charge in [-0.2, -0.15) is 0 Å². The molecule has 0 aliphatic rings. The number of ether oxygens (including phenoxy) is 1. The minimum absolute atomic E-state index is 0.185. The first-order chi connectivity index (χ1) is 8.87. The van der Waals surface area contributed by atoms with Crippen LogP contribution in [0.4, 0.5) is 0 Å². The number of hydrogen-bond donors (Lipinski definition) is 2. The fraction of sp³-hybridized carbons (Fsp3) is 0.385. The summed E-state index contributed by atoms with van der Waals surface area (Å²) in [6.45, 7) is 3.39. The van der Waals surface area contributed by atoms with Gasteiger partial charge in [0.05, 0.1) is 6.61 Å². The van der Waals surface area contributed by atoms with Crippen molar-refractivity contribution in [1.29, 1.82) is 0 Å². The molecule has 0 aliphatic carbocycles. The molecule has 1 amide bonds. The summed E-state index contributed by atoms with van der Waals surface area (Å²) in [6, 6.07) is 7.13. The highest BCUT2D eigenvalue weighted by atomic mass is 79.9. The molecule has 5 nitrogen and oxygen atoms in total. The highest BCUT2D eigenvalue weighted by molar-refractivity contribution is 9.10. The predicted octanol–water partition coefficient (Wildman–Crippen LogP) is 1.30. The first kappa shape index (κ1) is 15.7. The summed E-state index contributed by atoms with van der Waals surface area (Å²) in [5, 5.41) is 2.47. The van der Waals surface area contributed by atoms with Gasteiger partial charge in [-0.3, -0.25) is 9.59 Å². The van der Waals surface area contributed by atoms with Crippen molar-refractivity contribution in [1.82, 2.24) is 5.32 Å². The molecule has 0 bridgehead atoms. The van der Waals surface area contributed by atoms with E-state index in [1.54, 1.807) is 38.1 Å². The maximum atomic E-state index is 12.0. The lowest BCUT2D eigenvalue weighted by Crippen LogP contribution is -2.50. The van der Waals surface area contributed by atoms with Crippen molar-refractivity contribution in [2.24, 2.45) is 5.73 Å². The Morgan fingerprint density at radius 2 is 1.95 bits per heavy atom. The summed E-state index contributed by atoms with van der Waals surface area (Å²) in [7, 11) is 0. The van der Waals surface area contributed by atoms with Gasteiger partial charge < -0.3 is 15.8 Å². The molecule has 0 heterocycles. The maximum absolute atomic E-state index is 12.0. The third kappa shape index (κ3) is 4.33. The number of carbonyl (C=O) groups excluding carboxylic acids is 2. The fourth-order valence-corrected chi connectivity index (χ4v) is 1.74. The molecule has 0 aromatic heterocycles. The normalized spacial score (nSPS) is 13.5. The Bertz CT molecular complexity index is 457. The van der Waals surface area contributed by atoms with Crippen LogP contribution in [0.25, 0.3) is 0 Å². The Hall–Kier alpha value is -1.40. The van der Waals surface area contributed by atoms with Crippen LogP contribution in [0.15, 0.2) is 28.7 Å². The highest BCUT2D eigenvalue weighted by Gasteiger charge is 2.30. The molecule has 1 aromatic carbocycles. The second kappa shape index (κ2) is 6.68. The van der Waals surface area contributed by atoms with Crippen molar-refractivity contribution in [2.75, 3.05) is 13.2 Å². The third-order valence-electron chi connectivity index (χ3n) is 2.61. The van der Waals surface area contributed by atoms with E-state index in [1.807, 2.05) is 0 Å². The van der Waals surface area contributed by atoms with Gasteiger partial charge in [-0.05, 0) is 31.5 Å². The molecule has 1 aromatic rings. The van der Waals surface area contributed by atoms with Crippen LogP contribution in [-0.2, 0) is 19.9 Å². The van der Waals surface area contributed by atoms with Gasteiger partial charge in [0.2, 0.25) is 5.91 Å². The van der Waals surface area contributed by atoms with E-state index < -0.39 is 17.4 Å². The average molecular weight is 329 g/mol. The second-order valence-electron chi connectivity index (χ2n) is 4.20. The monoisotopic (exact) mass is 328 g/mol. The molecule has 0 saturated heterocycles. The van der Waals surface area contributed by atoms with Crippen LogP contribution in [-0.4, -0.2) is 25.0 Å².